The summed E-state index contributed by atoms with van der Waals surface area (Å²) in [6.07, 6.45) is 5.18. The molecule has 1 aromatic carbocycles. The van der Waals surface area contributed by atoms with Crippen molar-refractivity contribution in [1.82, 2.24) is 9.80 Å². The van der Waals surface area contributed by atoms with Gasteiger partial charge in [0.25, 0.3) is 0 Å². The predicted molar refractivity (Wildman–Crippen MR) is 131 cm³/mol. The third-order valence-electron chi connectivity index (χ3n) is 5.61. The van der Waals surface area contributed by atoms with Crippen LogP contribution >= 0.6 is 0 Å². The van der Waals surface area contributed by atoms with Gasteiger partial charge in [0.05, 0.1) is 19.7 Å². The number of ether oxygens (including phenoxy) is 1. The topological polar surface area (TPSA) is 63.0 Å². The number of aryl methyl sites for hydroxylation is 1. The first-order chi connectivity index (χ1) is 16.0. The van der Waals surface area contributed by atoms with Crippen molar-refractivity contribution in [3.8, 4) is 0 Å². The molecule has 0 saturated carbocycles. The summed E-state index contributed by atoms with van der Waals surface area (Å²) in [5.74, 6) is 1.57. The Kier molecular flexibility index (Phi) is 12.3. The summed E-state index contributed by atoms with van der Waals surface area (Å²) in [5.41, 5.74) is 1.21. The second-order valence-corrected chi connectivity index (χ2v) is 8.46. The highest BCUT2D eigenvalue weighted by molar-refractivity contribution is 5.78. The van der Waals surface area contributed by atoms with Crippen molar-refractivity contribution >= 4 is 11.9 Å². The zero-order chi connectivity index (χ0) is 23.9. The molecule has 1 heterocycles. The summed E-state index contributed by atoms with van der Waals surface area (Å²) in [6, 6.07) is 14.1. The zero-order valence-corrected chi connectivity index (χ0v) is 20.6. The lowest BCUT2D eigenvalue weighted by molar-refractivity contribution is -0.143. The first-order valence-corrected chi connectivity index (χ1v) is 12.3. The van der Waals surface area contributed by atoms with Gasteiger partial charge >= 0.3 is 5.97 Å². The summed E-state index contributed by atoms with van der Waals surface area (Å²) < 4.78 is 10.8. The summed E-state index contributed by atoms with van der Waals surface area (Å²) in [5, 5.41) is 0. The van der Waals surface area contributed by atoms with E-state index in [2.05, 4.69) is 24.0 Å². The normalized spacial score (nSPS) is 11.0. The molecule has 0 atom stereocenters. The minimum Gasteiger partial charge on any atom is -0.466 e. The van der Waals surface area contributed by atoms with Crippen LogP contribution in [0.25, 0.3) is 0 Å². The van der Waals surface area contributed by atoms with Crippen molar-refractivity contribution in [2.45, 2.75) is 65.8 Å². The highest BCUT2D eigenvalue weighted by Gasteiger charge is 2.19. The molecule has 0 unspecified atom stereocenters. The number of nitrogens with zero attached hydrogens (tertiary/aromatic N) is 2. The number of unbranched alkanes of at least 4 members (excludes halogenated alkanes) is 2. The lowest BCUT2D eigenvalue weighted by Gasteiger charge is -2.27. The molecule has 0 aliphatic carbocycles. The molecular weight excluding hydrogens is 416 g/mol. The summed E-state index contributed by atoms with van der Waals surface area (Å²) in [6.45, 7) is 9.32. The maximum absolute atomic E-state index is 13.4. The van der Waals surface area contributed by atoms with Crippen molar-refractivity contribution in [1.29, 1.82) is 0 Å². The van der Waals surface area contributed by atoms with Crippen molar-refractivity contribution < 1.29 is 18.7 Å². The molecule has 1 aromatic heterocycles. The Balaban J connectivity index is 2.00. The van der Waals surface area contributed by atoms with Crippen LogP contribution in [0.15, 0.2) is 46.9 Å². The standard InChI is InChI=1S/C27H40N2O4/c1-4-6-10-18-28(19-11-14-27(31)32-5-2)22-26(30)29(21-25-16-15-23(3)33-25)20-17-24-12-8-7-9-13-24/h7-9,12-13,15-16H,4-6,10-11,14,17-22H2,1-3H3. The molecule has 6 heteroatoms. The molecule has 0 fully saturated rings. The van der Waals surface area contributed by atoms with Gasteiger partial charge in [-0.25, -0.2) is 0 Å². The number of hydrogen-bond donors (Lipinski definition) is 0. The van der Waals surface area contributed by atoms with Crippen LogP contribution in [0.2, 0.25) is 0 Å². The third-order valence-corrected chi connectivity index (χ3v) is 5.61. The van der Waals surface area contributed by atoms with Crippen LogP contribution < -0.4 is 0 Å². The molecule has 0 saturated heterocycles. The molecule has 182 valence electrons. The van der Waals surface area contributed by atoms with Gasteiger partial charge in [-0.1, -0.05) is 50.1 Å². The smallest absolute Gasteiger partial charge is 0.305 e. The van der Waals surface area contributed by atoms with Gasteiger partial charge in [0.15, 0.2) is 0 Å². The van der Waals surface area contributed by atoms with Crippen molar-refractivity contribution in [2.75, 3.05) is 32.8 Å². The SMILES string of the molecule is CCCCCN(CCCC(=O)OCC)CC(=O)N(CCc1ccccc1)Cc1ccc(C)o1. The van der Waals surface area contributed by atoms with E-state index in [0.29, 0.717) is 45.6 Å². The van der Waals surface area contributed by atoms with Crippen LogP contribution in [-0.4, -0.2) is 54.5 Å². The number of amides is 1. The van der Waals surface area contributed by atoms with E-state index in [1.807, 2.05) is 49.1 Å². The molecule has 1 amide bonds. The van der Waals surface area contributed by atoms with Gasteiger partial charge in [-0.2, -0.15) is 0 Å². The molecule has 0 radical (unpaired) electrons. The van der Waals surface area contributed by atoms with Crippen LogP contribution in [-0.2, 0) is 27.3 Å². The van der Waals surface area contributed by atoms with Crippen molar-refractivity contribution in [3.63, 3.8) is 0 Å². The van der Waals surface area contributed by atoms with Crippen molar-refractivity contribution in [3.05, 3.63) is 59.5 Å². The van der Waals surface area contributed by atoms with E-state index >= 15 is 0 Å². The summed E-state index contributed by atoms with van der Waals surface area (Å²) in [7, 11) is 0. The molecule has 0 bridgehead atoms. The number of benzene rings is 1. The largest absolute Gasteiger partial charge is 0.466 e. The lowest BCUT2D eigenvalue weighted by Crippen LogP contribution is -2.41. The van der Waals surface area contributed by atoms with Gasteiger partial charge in [0.2, 0.25) is 5.91 Å². The number of furan rings is 1. The fraction of sp³-hybridized carbons (Fsp3) is 0.556. The molecule has 0 spiro atoms. The number of carbonyl (C=O) groups excluding carboxylic acids is 2. The van der Waals surface area contributed by atoms with Gasteiger partial charge < -0.3 is 14.1 Å². The maximum Gasteiger partial charge on any atom is 0.305 e. The minimum atomic E-state index is -0.171. The Bertz CT molecular complexity index is 819. The Labute approximate surface area is 198 Å². The second-order valence-electron chi connectivity index (χ2n) is 8.46. The Morgan fingerprint density at radius 1 is 0.939 bits per heavy atom. The Hall–Kier alpha value is -2.60. The molecule has 2 rings (SSSR count). The predicted octanol–water partition coefficient (Wildman–Crippen LogP) is 4.99. The summed E-state index contributed by atoms with van der Waals surface area (Å²) in [4.78, 5) is 29.2. The van der Waals surface area contributed by atoms with E-state index in [0.717, 1.165) is 43.7 Å². The van der Waals surface area contributed by atoms with Crippen molar-refractivity contribution in [2.24, 2.45) is 0 Å². The highest BCUT2D eigenvalue weighted by Crippen LogP contribution is 2.12. The van der Waals surface area contributed by atoms with Gasteiger partial charge in [-0.3, -0.25) is 14.5 Å². The van der Waals surface area contributed by atoms with Gasteiger partial charge in [0, 0.05) is 13.0 Å². The van der Waals surface area contributed by atoms with E-state index in [1.165, 1.54) is 5.56 Å². The minimum absolute atomic E-state index is 0.0904. The molecular formula is C27H40N2O4. The number of carbonyl (C=O) groups is 2. The van der Waals surface area contributed by atoms with Crippen LogP contribution in [0.5, 0.6) is 0 Å². The van der Waals surface area contributed by atoms with Crippen LogP contribution in [0, 0.1) is 6.92 Å². The summed E-state index contributed by atoms with van der Waals surface area (Å²) >= 11 is 0. The zero-order valence-electron chi connectivity index (χ0n) is 20.6. The average molecular weight is 457 g/mol. The fourth-order valence-corrected chi connectivity index (χ4v) is 3.79. The van der Waals surface area contributed by atoms with E-state index in [9.17, 15) is 9.59 Å². The highest BCUT2D eigenvalue weighted by atomic mass is 16.5. The lowest BCUT2D eigenvalue weighted by atomic mass is 10.1. The first kappa shape index (κ1) is 26.7. The first-order valence-electron chi connectivity index (χ1n) is 12.3. The van der Waals surface area contributed by atoms with Crippen LogP contribution in [0.3, 0.4) is 0 Å². The molecule has 33 heavy (non-hydrogen) atoms. The van der Waals surface area contributed by atoms with Crippen LogP contribution in [0.4, 0.5) is 0 Å². The third kappa shape index (κ3) is 10.7. The molecule has 0 aliphatic heterocycles. The quantitative estimate of drug-likeness (QED) is 0.263. The maximum atomic E-state index is 13.4. The second kappa shape index (κ2) is 15.3. The van der Waals surface area contributed by atoms with E-state index in [4.69, 9.17) is 9.15 Å². The van der Waals surface area contributed by atoms with E-state index in [1.54, 1.807) is 0 Å². The van der Waals surface area contributed by atoms with Gasteiger partial charge in [0.1, 0.15) is 11.5 Å². The fourth-order valence-electron chi connectivity index (χ4n) is 3.79. The monoisotopic (exact) mass is 456 g/mol. The molecule has 2 aromatic rings. The number of esters is 1. The number of rotatable bonds is 16. The molecule has 0 N–H and O–H groups in total. The van der Waals surface area contributed by atoms with Gasteiger partial charge in [-0.15, -0.1) is 0 Å². The van der Waals surface area contributed by atoms with E-state index in [-0.39, 0.29) is 11.9 Å². The Morgan fingerprint density at radius 3 is 2.36 bits per heavy atom. The Morgan fingerprint density at radius 2 is 1.70 bits per heavy atom. The van der Waals surface area contributed by atoms with Crippen LogP contribution in [0.1, 0.15) is 63.0 Å². The molecule has 0 aliphatic rings. The average Bonchev–Trinajstić information content (AvgIpc) is 3.22. The number of hydrogen-bond acceptors (Lipinski definition) is 5. The van der Waals surface area contributed by atoms with E-state index < -0.39 is 0 Å². The van der Waals surface area contributed by atoms with Gasteiger partial charge in [-0.05, 0) is 63.9 Å². The molecule has 6 nitrogen and oxygen atoms in total.